The molecule has 2 rings (SSSR count). The highest BCUT2D eigenvalue weighted by Gasteiger charge is 2.17. The lowest BCUT2D eigenvalue weighted by Gasteiger charge is -2.24. The molecule has 0 saturated carbocycles. The van der Waals surface area contributed by atoms with Gasteiger partial charge in [-0.05, 0) is 56.0 Å². The van der Waals surface area contributed by atoms with Gasteiger partial charge < -0.3 is 16.0 Å². The molecule has 0 aromatic heterocycles. The van der Waals surface area contributed by atoms with E-state index >= 15 is 0 Å². The molecule has 0 aliphatic carbocycles. The minimum absolute atomic E-state index is 0.00795. The highest BCUT2D eigenvalue weighted by atomic mass is 16.2. The van der Waals surface area contributed by atoms with Gasteiger partial charge in [-0.2, -0.15) is 0 Å². The molecule has 3 N–H and O–H groups in total. The number of piperidine rings is 1. The second-order valence-electron chi connectivity index (χ2n) is 6.69. The van der Waals surface area contributed by atoms with E-state index in [0.29, 0.717) is 17.9 Å². The third-order valence-electron chi connectivity index (χ3n) is 3.99. The minimum atomic E-state index is -0.0538. The predicted octanol–water partition coefficient (Wildman–Crippen LogP) is 2.46. The van der Waals surface area contributed by atoms with E-state index in [-0.39, 0.29) is 17.9 Å². The Hall–Kier alpha value is -1.88. The van der Waals surface area contributed by atoms with Crippen molar-refractivity contribution in [1.82, 2.24) is 10.6 Å². The maximum atomic E-state index is 12.3. The zero-order valence-corrected chi connectivity index (χ0v) is 14.2. The van der Waals surface area contributed by atoms with Crippen LogP contribution in [0, 0.1) is 12.8 Å². The molecule has 1 aliphatic heterocycles. The zero-order valence-electron chi connectivity index (χ0n) is 14.2. The van der Waals surface area contributed by atoms with Gasteiger partial charge in [0.05, 0.1) is 0 Å². The van der Waals surface area contributed by atoms with Crippen molar-refractivity contribution in [3.8, 4) is 0 Å². The molecule has 23 heavy (non-hydrogen) atoms. The average molecular weight is 317 g/mol. The van der Waals surface area contributed by atoms with Crippen LogP contribution in [0.3, 0.4) is 0 Å². The van der Waals surface area contributed by atoms with Gasteiger partial charge in [0.25, 0.3) is 5.91 Å². The highest BCUT2D eigenvalue weighted by molar-refractivity contribution is 5.96. The van der Waals surface area contributed by atoms with Gasteiger partial charge in [0.1, 0.15) is 0 Å². The predicted molar refractivity (Wildman–Crippen MR) is 92.6 cm³/mol. The van der Waals surface area contributed by atoms with Crippen LogP contribution in [-0.4, -0.2) is 30.9 Å². The van der Waals surface area contributed by atoms with E-state index in [1.54, 1.807) is 6.07 Å². The Bertz CT molecular complexity index is 563. The van der Waals surface area contributed by atoms with E-state index in [2.05, 4.69) is 16.0 Å². The van der Waals surface area contributed by atoms with Crippen LogP contribution < -0.4 is 16.0 Å². The first-order chi connectivity index (χ1) is 11.0. The van der Waals surface area contributed by atoms with Crippen LogP contribution in [0.25, 0.3) is 0 Å². The van der Waals surface area contributed by atoms with Crippen LogP contribution in [0.5, 0.6) is 0 Å². The zero-order chi connectivity index (χ0) is 16.8. The lowest BCUT2D eigenvalue weighted by molar-refractivity contribution is -0.116. The summed E-state index contributed by atoms with van der Waals surface area (Å²) in [5.74, 6) is 0.278. The van der Waals surface area contributed by atoms with Crippen molar-refractivity contribution < 1.29 is 9.59 Å². The number of anilines is 1. The SMILES string of the molecule is Cc1cc(C(=O)NC2CCCNC2)ccc1NC(=O)CC(C)C. The van der Waals surface area contributed by atoms with Gasteiger partial charge in [-0.1, -0.05) is 13.8 Å². The summed E-state index contributed by atoms with van der Waals surface area (Å²) < 4.78 is 0. The summed E-state index contributed by atoms with van der Waals surface area (Å²) >= 11 is 0. The van der Waals surface area contributed by atoms with Gasteiger partial charge in [0.2, 0.25) is 5.91 Å². The molecule has 1 saturated heterocycles. The first-order valence-corrected chi connectivity index (χ1v) is 8.38. The smallest absolute Gasteiger partial charge is 0.251 e. The van der Waals surface area contributed by atoms with Crippen molar-refractivity contribution in [3.63, 3.8) is 0 Å². The maximum Gasteiger partial charge on any atom is 0.251 e. The Balaban J connectivity index is 1.97. The number of carbonyl (C=O) groups excluding carboxylic acids is 2. The Labute approximate surface area is 138 Å². The van der Waals surface area contributed by atoms with Gasteiger partial charge in [-0.15, -0.1) is 0 Å². The monoisotopic (exact) mass is 317 g/mol. The van der Waals surface area contributed by atoms with Gasteiger partial charge in [0.15, 0.2) is 0 Å². The molecular formula is C18H27N3O2. The second-order valence-corrected chi connectivity index (χ2v) is 6.69. The van der Waals surface area contributed by atoms with Crippen molar-refractivity contribution >= 4 is 17.5 Å². The minimum Gasteiger partial charge on any atom is -0.348 e. The second kappa shape index (κ2) is 8.11. The summed E-state index contributed by atoms with van der Waals surface area (Å²) in [4.78, 5) is 24.2. The number of amides is 2. The van der Waals surface area contributed by atoms with Crippen molar-refractivity contribution in [3.05, 3.63) is 29.3 Å². The van der Waals surface area contributed by atoms with Crippen molar-refractivity contribution in [1.29, 1.82) is 0 Å². The van der Waals surface area contributed by atoms with E-state index in [4.69, 9.17) is 0 Å². The quantitative estimate of drug-likeness (QED) is 0.781. The summed E-state index contributed by atoms with van der Waals surface area (Å²) in [5.41, 5.74) is 2.30. The van der Waals surface area contributed by atoms with E-state index in [1.807, 2.05) is 32.9 Å². The lowest BCUT2D eigenvalue weighted by atomic mass is 10.1. The van der Waals surface area contributed by atoms with Crippen LogP contribution in [0.15, 0.2) is 18.2 Å². The molecule has 5 heteroatoms. The van der Waals surface area contributed by atoms with Crippen molar-refractivity contribution in [2.75, 3.05) is 18.4 Å². The van der Waals surface area contributed by atoms with E-state index in [0.717, 1.165) is 37.2 Å². The molecule has 1 fully saturated rings. The van der Waals surface area contributed by atoms with E-state index < -0.39 is 0 Å². The molecule has 1 aromatic rings. The first-order valence-electron chi connectivity index (χ1n) is 8.38. The molecule has 126 valence electrons. The fourth-order valence-corrected chi connectivity index (χ4v) is 2.76. The third-order valence-corrected chi connectivity index (χ3v) is 3.99. The number of nitrogens with one attached hydrogen (secondary N) is 3. The molecule has 0 bridgehead atoms. The van der Waals surface area contributed by atoms with Crippen molar-refractivity contribution in [2.24, 2.45) is 5.92 Å². The molecule has 1 aliphatic rings. The first kappa shape index (κ1) is 17.5. The topological polar surface area (TPSA) is 70.2 Å². The third kappa shape index (κ3) is 5.36. The van der Waals surface area contributed by atoms with Crippen LogP contribution in [0.2, 0.25) is 0 Å². The Morgan fingerprint density at radius 2 is 2.13 bits per heavy atom. The fraction of sp³-hybridized carbons (Fsp3) is 0.556. The molecular weight excluding hydrogens is 290 g/mol. The number of benzene rings is 1. The fourth-order valence-electron chi connectivity index (χ4n) is 2.76. The lowest BCUT2D eigenvalue weighted by Crippen LogP contribution is -2.45. The Morgan fingerprint density at radius 1 is 1.35 bits per heavy atom. The molecule has 0 spiro atoms. The largest absolute Gasteiger partial charge is 0.348 e. The molecule has 5 nitrogen and oxygen atoms in total. The molecule has 1 unspecified atom stereocenters. The van der Waals surface area contributed by atoms with E-state index in [9.17, 15) is 9.59 Å². The summed E-state index contributed by atoms with van der Waals surface area (Å²) in [6.45, 7) is 7.79. The van der Waals surface area contributed by atoms with Gasteiger partial charge in [-0.3, -0.25) is 9.59 Å². The average Bonchev–Trinajstić information content (AvgIpc) is 2.49. The van der Waals surface area contributed by atoms with Gasteiger partial charge in [0, 0.05) is 30.3 Å². The van der Waals surface area contributed by atoms with E-state index in [1.165, 1.54) is 0 Å². The molecule has 2 amide bonds. The number of rotatable bonds is 5. The van der Waals surface area contributed by atoms with Crippen LogP contribution in [0.4, 0.5) is 5.69 Å². The van der Waals surface area contributed by atoms with Crippen LogP contribution in [0.1, 0.15) is 49.0 Å². The summed E-state index contributed by atoms with van der Waals surface area (Å²) in [6.07, 6.45) is 2.60. The summed E-state index contributed by atoms with van der Waals surface area (Å²) in [5, 5.41) is 9.26. The van der Waals surface area contributed by atoms with Crippen LogP contribution >= 0.6 is 0 Å². The Morgan fingerprint density at radius 3 is 2.74 bits per heavy atom. The molecule has 1 heterocycles. The molecule has 1 aromatic carbocycles. The van der Waals surface area contributed by atoms with Crippen LogP contribution in [-0.2, 0) is 4.79 Å². The van der Waals surface area contributed by atoms with Crippen molar-refractivity contribution in [2.45, 2.75) is 46.1 Å². The summed E-state index contributed by atoms with van der Waals surface area (Å²) in [7, 11) is 0. The molecule has 1 atom stereocenters. The number of carbonyl (C=O) groups is 2. The number of aryl methyl sites for hydroxylation is 1. The maximum absolute atomic E-state index is 12.3. The number of hydrogen-bond donors (Lipinski definition) is 3. The normalized spacial score (nSPS) is 17.8. The standard InChI is InChI=1S/C18H27N3O2/c1-12(2)9-17(22)21-16-7-6-14(10-13(16)3)18(23)20-15-5-4-8-19-11-15/h6-7,10,12,15,19H,4-5,8-9,11H2,1-3H3,(H,20,23)(H,21,22). The highest BCUT2D eigenvalue weighted by Crippen LogP contribution is 2.18. The number of hydrogen-bond acceptors (Lipinski definition) is 3. The summed E-state index contributed by atoms with van der Waals surface area (Å²) in [6, 6.07) is 5.60. The van der Waals surface area contributed by atoms with Gasteiger partial charge in [-0.25, -0.2) is 0 Å². The van der Waals surface area contributed by atoms with Gasteiger partial charge >= 0.3 is 0 Å². The molecule has 0 radical (unpaired) electrons. The Kier molecular flexibility index (Phi) is 6.16.